The monoisotopic (exact) mass is 245 g/mol. The van der Waals surface area contributed by atoms with Crippen LogP contribution in [0.5, 0.6) is 5.75 Å². The Morgan fingerprint density at radius 1 is 1.22 bits per heavy atom. The first-order chi connectivity index (χ1) is 8.72. The van der Waals surface area contributed by atoms with Crippen molar-refractivity contribution in [3.63, 3.8) is 0 Å². The summed E-state index contributed by atoms with van der Waals surface area (Å²) in [5, 5.41) is 8.90. The first-order valence-corrected chi connectivity index (χ1v) is 5.65. The Hall–Kier alpha value is -1.87. The minimum absolute atomic E-state index is 0.170. The van der Waals surface area contributed by atoms with Crippen LogP contribution in [0.25, 0.3) is 0 Å². The molecule has 0 amide bonds. The summed E-state index contributed by atoms with van der Waals surface area (Å²) in [4.78, 5) is 0. The average Bonchev–Trinajstić information content (AvgIpc) is 2.42. The lowest BCUT2D eigenvalue weighted by Gasteiger charge is -2.06. The Labute approximate surface area is 106 Å². The largest absolute Gasteiger partial charge is 0.497 e. The van der Waals surface area contributed by atoms with Gasteiger partial charge in [0.15, 0.2) is 0 Å². The summed E-state index contributed by atoms with van der Waals surface area (Å²) in [6.45, 7) is -0.170. The summed E-state index contributed by atoms with van der Waals surface area (Å²) >= 11 is 0. The molecule has 0 fully saturated rings. The second-order valence-corrected chi connectivity index (χ2v) is 4.02. The van der Waals surface area contributed by atoms with E-state index in [-0.39, 0.29) is 12.4 Å². The van der Waals surface area contributed by atoms with Gasteiger partial charge < -0.3 is 9.84 Å². The molecule has 3 heteroatoms. The van der Waals surface area contributed by atoms with Gasteiger partial charge in [0, 0.05) is 12.0 Å². The molecule has 0 aliphatic heterocycles. The number of aliphatic hydroxyl groups excluding tert-OH is 1. The zero-order valence-electron chi connectivity index (χ0n) is 10.1. The molecule has 0 saturated carbocycles. The highest BCUT2D eigenvalue weighted by atomic mass is 19.1. The van der Waals surface area contributed by atoms with Gasteiger partial charge in [-0.15, -0.1) is 0 Å². The molecule has 1 N–H and O–H groups in total. The number of methoxy groups -OCH3 is 1. The summed E-state index contributed by atoms with van der Waals surface area (Å²) in [6.07, 6.45) is 0.474. The smallest absolute Gasteiger partial charge is 0.127 e. The molecule has 2 nitrogen and oxygen atoms in total. The SMILES string of the molecule is COc1ccc(Cc2[c]cc(CO)cc2F)cc1. The summed E-state index contributed by atoms with van der Waals surface area (Å²) in [5.41, 5.74) is 2.02. The molecular formula is C15H14FO2. The minimum Gasteiger partial charge on any atom is -0.497 e. The van der Waals surface area contributed by atoms with E-state index in [9.17, 15) is 4.39 Å². The first-order valence-electron chi connectivity index (χ1n) is 5.65. The van der Waals surface area contributed by atoms with Crippen LogP contribution in [-0.2, 0) is 13.0 Å². The van der Waals surface area contributed by atoms with Crippen molar-refractivity contribution in [1.29, 1.82) is 0 Å². The normalized spacial score (nSPS) is 10.4. The van der Waals surface area contributed by atoms with E-state index in [2.05, 4.69) is 6.07 Å². The quantitative estimate of drug-likeness (QED) is 0.897. The predicted octanol–water partition coefficient (Wildman–Crippen LogP) is 2.72. The summed E-state index contributed by atoms with van der Waals surface area (Å²) < 4.78 is 18.8. The highest BCUT2D eigenvalue weighted by Gasteiger charge is 2.05. The van der Waals surface area contributed by atoms with E-state index >= 15 is 0 Å². The fourth-order valence-corrected chi connectivity index (χ4v) is 1.71. The van der Waals surface area contributed by atoms with E-state index < -0.39 is 0 Å². The van der Waals surface area contributed by atoms with Crippen molar-refractivity contribution in [2.45, 2.75) is 13.0 Å². The van der Waals surface area contributed by atoms with Gasteiger partial charge in [0.25, 0.3) is 0 Å². The van der Waals surface area contributed by atoms with E-state index in [0.29, 0.717) is 17.5 Å². The number of aliphatic hydroxyl groups is 1. The summed E-state index contributed by atoms with van der Waals surface area (Å²) in [7, 11) is 1.61. The van der Waals surface area contributed by atoms with Crippen LogP contribution in [0.1, 0.15) is 16.7 Å². The molecule has 0 spiro atoms. The average molecular weight is 245 g/mol. The van der Waals surface area contributed by atoms with Crippen LogP contribution in [0.4, 0.5) is 4.39 Å². The van der Waals surface area contributed by atoms with Crippen molar-refractivity contribution in [1.82, 2.24) is 0 Å². The third-order valence-corrected chi connectivity index (χ3v) is 2.75. The lowest BCUT2D eigenvalue weighted by molar-refractivity contribution is 0.281. The molecule has 2 rings (SSSR count). The van der Waals surface area contributed by atoms with Crippen molar-refractivity contribution in [3.8, 4) is 5.75 Å². The third kappa shape index (κ3) is 2.87. The Kier molecular flexibility index (Phi) is 3.95. The molecule has 2 aromatic rings. The van der Waals surface area contributed by atoms with Crippen LogP contribution in [0, 0.1) is 11.9 Å². The van der Waals surface area contributed by atoms with Gasteiger partial charge in [-0.2, -0.15) is 0 Å². The maximum atomic E-state index is 13.7. The van der Waals surface area contributed by atoms with Crippen LogP contribution in [-0.4, -0.2) is 12.2 Å². The van der Waals surface area contributed by atoms with Gasteiger partial charge in [-0.3, -0.25) is 0 Å². The maximum absolute atomic E-state index is 13.7. The number of benzene rings is 2. The lowest BCUT2D eigenvalue weighted by atomic mass is 10.0. The molecule has 0 aromatic heterocycles. The van der Waals surface area contributed by atoms with Crippen molar-refractivity contribution in [2.24, 2.45) is 0 Å². The number of hydrogen-bond acceptors (Lipinski definition) is 2. The molecule has 0 unspecified atom stereocenters. The maximum Gasteiger partial charge on any atom is 0.127 e. The molecule has 93 valence electrons. The molecule has 0 atom stereocenters. The summed E-state index contributed by atoms with van der Waals surface area (Å²) in [6, 6.07) is 13.3. The Bertz CT molecular complexity index is 521. The summed E-state index contributed by atoms with van der Waals surface area (Å²) in [5.74, 6) is 0.441. The van der Waals surface area contributed by atoms with Gasteiger partial charge in [0.05, 0.1) is 13.7 Å². The Morgan fingerprint density at radius 3 is 2.50 bits per heavy atom. The van der Waals surface area contributed by atoms with Crippen LogP contribution in [0.15, 0.2) is 36.4 Å². The molecule has 0 bridgehead atoms. The zero-order valence-corrected chi connectivity index (χ0v) is 10.1. The van der Waals surface area contributed by atoms with Gasteiger partial charge in [-0.05, 0) is 41.5 Å². The lowest BCUT2D eigenvalue weighted by Crippen LogP contribution is -1.95. The van der Waals surface area contributed by atoms with E-state index in [4.69, 9.17) is 9.84 Å². The van der Waals surface area contributed by atoms with E-state index in [1.165, 1.54) is 6.07 Å². The van der Waals surface area contributed by atoms with Gasteiger partial charge in [0.2, 0.25) is 0 Å². The van der Waals surface area contributed by atoms with Gasteiger partial charge in [-0.1, -0.05) is 12.1 Å². The van der Waals surface area contributed by atoms with Crippen LogP contribution in [0.2, 0.25) is 0 Å². The van der Waals surface area contributed by atoms with Gasteiger partial charge in [-0.25, -0.2) is 4.39 Å². The number of halogens is 1. The second-order valence-electron chi connectivity index (χ2n) is 4.02. The molecule has 0 heterocycles. The second kappa shape index (κ2) is 5.65. The molecule has 0 aliphatic carbocycles. The van der Waals surface area contributed by atoms with E-state index in [0.717, 1.165) is 11.3 Å². The Balaban J connectivity index is 2.17. The molecule has 0 aliphatic rings. The molecule has 18 heavy (non-hydrogen) atoms. The standard InChI is InChI=1S/C15H14FO2/c1-18-14-6-3-11(4-7-14)8-13-5-2-12(10-17)9-15(13)16/h2-4,6-7,9,17H,8,10H2,1H3. The van der Waals surface area contributed by atoms with E-state index in [1.54, 1.807) is 13.2 Å². The fraction of sp³-hybridized carbons (Fsp3) is 0.200. The van der Waals surface area contributed by atoms with Crippen molar-refractivity contribution < 1.29 is 14.2 Å². The van der Waals surface area contributed by atoms with Crippen LogP contribution in [0.3, 0.4) is 0 Å². The zero-order chi connectivity index (χ0) is 13.0. The predicted molar refractivity (Wildman–Crippen MR) is 67.0 cm³/mol. The highest BCUT2D eigenvalue weighted by Crippen LogP contribution is 2.17. The third-order valence-electron chi connectivity index (χ3n) is 2.75. The van der Waals surface area contributed by atoms with Crippen LogP contribution >= 0.6 is 0 Å². The number of hydrogen-bond donors (Lipinski definition) is 1. The number of ether oxygens (including phenoxy) is 1. The molecular weight excluding hydrogens is 231 g/mol. The number of rotatable bonds is 4. The molecule has 2 aromatic carbocycles. The fourth-order valence-electron chi connectivity index (χ4n) is 1.71. The minimum atomic E-state index is -0.336. The molecule has 1 radical (unpaired) electrons. The van der Waals surface area contributed by atoms with Crippen molar-refractivity contribution in [3.05, 3.63) is 65.0 Å². The topological polar surface area (TPSA) is 29.5 Å². The van der Waals surface area contributed by atoms with Crippen LogP contribution < -0.4 is 4.74 Å². The van der Waals surface area contributed by atoms with E-state index in [1.807, 2.05) is 24.3 Å². The van der Waals surface area contributed by atoms with Crippen molar-refractivity contribution >= 4 is 0 Å². The molecule has 0 saturated heterocycles. The van der Waals surface area contributed by atoms with Gasteiger partial charge in [0.1, 0.15) is 11.6 Å². The first kappa shape index (κ1) is 12.6. The van der Waals surface area contributed by atoms with Gasteiger partial charge >= 0.3 is 0 Å². The van der Waals surface area contributed by atoms with Crippen molar-refractivity contribution in [2.75, 3.05) is 7.11 Å². The highest BCUT2D eigenvalue weighted by molar-refractivity contribution is 5.32. The Morgan fingerprint density at radius 2 is 1.94 bits per heavy atom.